The lowest BCUT2D eigenvalue weighted by molar-refractivity contribution is 0.104. The number of hydrogen-bond acceptors (Lipinski definition) is 2. The summed E-state index contributed by atoms with van der Waals surface area (Å²) in [5.41, 5.74) is 3.51. The van der Waals surface area contributed by atoms with Crippen molar-refractivity contribution in [3.05, 3.63) is 83.6 Å². The van der Waals surface area contributed by atoms with Crippen LogP contribution in [-0.2, 0) is 0 Å². The third-order valence-electron chi connectivity index (χ3n) is 4.19. The number of rotatable bonds is 4. The normalized spacial score (nSPS) is 16.3. The SMILES string of the molecule is CC1=CC(C)(C)NC(=S)N1c1ccc(C(=O)/C=C/c2ccccc2)cc1. The molecule has 0 aliphatic carbocycles. The smallest absolute Gasteiger partial charge is 0.185 e. The molecule has 0 bridgehead atoms. The van der Waals surface area contributed by atoms with Crippen LogP contribution in [0.5, 0.6) is 0 Å². The molecule has 1 N–H and O–H groups in total. The zero-order chi connectivity index (χ0) is 18.7. The van der Waals surface area contributed by atoms with Gasteiger partial charge in [0.25, 0.3) is 0 Å². The molecule has 0 spiro atoms. The Morgan fingerprint density at radius 3 is 2.35 bits per heavy atom. The summed E-state index contributed by atoms with van der Waals surface area (Å²) in [5.74, 6) is -0.0202. The molecule has 132 valence electrons. The van der Waals surface area contributed by atoms with Crippen molar-refractivity contribution >= 4 is 34.9 Å². The third kappa shape index (κ3) is 4.09. The van der Waals surface area contributed by atoms with Crippen LogP contribution in [0.25, 0.3) is 6.08 Å². The van der Waals surface area contributed by atoms with Crippen molar-refractivity contribution in [3.63, 3.8) is 0 Å². The first-order valence-corrected chi connectivity index (χ1v) is 8.96. The summed E-state index contributed by atoms with van der Waals surface area (Å²) in [6, 6.07) is 17.3. The molecule has 0 fully saturated rings. The molecule has 0 saturated heterocycles. The zero-order valence-corrected chi connectivity index (χ0v) is 16.0. The first-order chi connectivity index (χ1) is 12.4. The maximum Gasteiger partial charge on any atom is 0.185 e. The maximum atomic E-state index is 12.4. The van der Waals surface area contributed by atoms with Crippen LogP contribution in [0.15, 0.2) is 72.4 Å². The number of benzene rings is 2. The van der Waals surface area contributed by atoms with Gasteiger partial charge < -0.3 is 5.32 Å². The number of anilines is 1. The Kier molecular flexibility index (Phi) is 5.05. The van der Waals surface area contributed by atoms with Crippen LogP contribution in [0.4, 0.5) is 5.69 Å². The molecule has 3 nitrogen and oxygen atoms in total. The largest absolute Gasteiger partial charge is 0.354 e. The Bertz CT molecular complexity index is 880. The Balaban J connectivity index is 1.77. The molecule has 0 atom stereocenters. The molecule has 2 aromatic carbocycles. The molecule has 2 aromatic rings. The Labute approximate surface area is 160 Å². The lowest BCUT2D eigenvalue weighted by Gasteiger charge is -2.38. The van der Waals surface area contributed by atoms with Gasteiger partial charge >= 0.3 is 0 Å². The maximum absolute atomic E-state index is 12.4. The molecule has 3 rings (SSSR count). The van der Waals surface area contributed by atoms with E-state index < -0.39 is 0 Å². The molecular formula is C22H22N2OS. The van der Waals surface area contributed by atoms with Gasteiger partial charge in [0.1, 0.15) is 0 Å². The minimum Gasteiger partial charge on any atom is -0.354 e. The molecule has 1 aliphatic heterocycles. The Morgan fingerprint density at radius 1 is 1.08 bits per heavy atom. The molecule has 4 heteroatoms. The highest BCUT2D eigenvalue weighted by Gasteiger charge is 2.27. The van der Waals surface area contributed by atoms with Gasteiger partial charge in [-0.25, -0.2) is 0 Å². The van der Waals surface area contributed by atoms with Crippen LogP contribution >= 0.6 is 12.2 Å². The minimum atomic E-state index is -0.157. The summed E-state index contributed by atoms with van der Waals surface area (Å²) in [7, 11) is 0. The highest BCUT2D eigenvalue weighted by molar-refractivity contribution is 7.80. The van der Waals surface area contributed by atoms with Crippen LogP contribution in [0.2, 0.25) is 0 Å². The average Bonchev–Trinajstić information content (AvgIpc) is 2.59. The van der Waals surface area contributed by atoms with E-state index in [1.165, 1.54) is 0 Å². The van der Waals surface area contributed by atoms with E-state index >= 15 is 0 Å². The van der Waals surface area contributed by atoms with Crippen molar-refractivity contribution in [2.45, 2.75) is 26.3 Å². The first kappa shape index (κ1) is 18.1. The second kappa shape index (κ2) is 7.26. The predicted molar refractivity (Wildman–Crippen MR) is 112 cm³/mol. The number of carbonyl (C=O) groups is 1. The zero-order valence-electron chi connectivity index (χ0n) is 15.2. The van der Waals surface area contributed by atoms with E-state index in [1.54, 1.807) is 6.08 Å². The van der Waals surface area contributed by atoms with Crippen LogP contribution < -0.4 is 10.2 Å². The fourth-order valence-corrected chi connectivity index (χ4v) is 3.55. The average molecular weight is 362 g/mol. The summed E-state index contributed by atoms with van der Waals surface area (Å²) in [6.07, 6.45) is 5.57. The molecule has 0 aromatic heterocycles. The molecule has 0 radical (unpaired) electrons. The van der Waals surface area contributed by atoms with E-state index in [-0.39, 0.29) is 11.3 Å². The molecule has 0 amide bonds. The van der Waals surface area contributed by atoms with Gasteiger partial charge in [0, 0.05) is 16.9 Å². The number of nitrogens with zero attached hydrogens (tertiary/aromatic N) is 1. The van der Waals surface area contributed by atoms with E-state index in [0.29, 0.717) is 10.7 Å². The number of ketones is 1. The van der Waals surface area contributed by atoms with Gasteiger partial charge in [-0.15, -0.1) is 0 Å². The lowest BCUT2D eigenvalue weighted by Crippen LogP contribution is -2.53. The second-order valence-electron chi connectivity index (χ2n) is 6.93. The highest BCUT2D eigenvalue weighted by atomic mass is 32.1. The van der Waals surface area contributed by atoms with Gasteiger partial charge in [0.2, 0.25) is 0 Å². The summed E-state index contributed by atoms with van der Waals surface area (Å²) in [5, 5.41) is 3.98. The van der Waals surface area contributed by atoms with Crippen molar-refractivity contribution in [1.82, 2.24) is 5.32 Å². The van der Waals surface area contributed by atoms with E-state index in [2.05, 4.69) is 25.2 Å². The molecular weight excluding hydrogens is 340 g/mol. The second-order valence-corrected chi connectivity index (χ2v) is 7.31. The number of thiocarbonyl (C=S) groups is 1. The molecule has 0 unspecified atom stereocenters. The minimum absolute atomic E-state index is 0.0202. The number of allylic oxidation sites excluding steroid dienone is 2. The van der Waals surface area contributed by atoms with Gasteiger partial charge in [-0.05, 0) is 75.0 Å². The molecule has 1 aliphatic rings. The fraction of sp³-hybridized carbons (Fsp3) is 0.182. The Morgan fingerprint density at radius 2 is 1.73 bits per heavy atom. The monoisotopic (exact) mass is 362 g/mol. The standard InChI is InChI=1S/C22H22N2OS/c1-16-15-22(2,3)23-21(26)24(16)19-12-10-18(11-13-19)20(25)14-9-17-7-5-4-6-8-17/h4-15H,1-3H3,(H,23,26)/b14-9+. The predicted octanol–water partition coefficient (Wildman–Crippen LogP) is 4.96. The fourth-order valence-electron chi connectivity index (χ4n) is 3.04. The summed E-state index contributed by atoms with van der Waals surface area (Å²) < 4.78 is 0. The Hall–Kier alpha value is -2.72. The summed E-state index contributed by atoms with van der Waals surface area (Å²) in [6.45, 7) is 6.21. The summed E-state index contributed by atoms with van der Waals surface area (Å²) >= 11 is 5.51. The number of hydrogen-bond donors (Lipinski definition) is 1. The van der Waals surface area contributed by atoms with E-state index in [1.807, 2.05) is 72.5 Å². The van der Waals surface area contributed by atoms with Gasteiger partial charge in [-0.1, -0.05) is 36.4 Å². The quantitative estimate of drug-likeness (QED) is 0.473. The number of carbonyl (C=O) groups excluding carboxylic acids is 1. The highest BCUT2D eigenvalue weighted by Crippen LogP contribution is 2.26. The molecule has 1 heterocycles. The molecule has 0 saturated carbocycles. The van der Waals surface area contributed by atoms with Gasteiger partial charge in [0.05, 0.1) is 5.54 Å². The van der Waals surface area contributed by atoms with Crippen LogP contribution in [0.3, 0.4) is 0 Å². The van der Waals surface area contributed by atoms with Gasteiger partial charge in [0.15, 0.2) is 10.9 Å². The van der Waals surface area contributed by atoms with Crippen LogP contribution in [0, 0.1) is 0 Å². The van der Waals surface area contributed by atoms with E-state index in [9.17, 15) is 4.79 Å². The number of nitrogens with one attached hydrogen (secondary N) is 1. The van der Waals surface area contributed by atoms with Gasteiger partial charge in [-0.3, -0.25) is 9.69 Å². The van der Waals surface area contributed by atoms with Gasteiger partial charge in [-0.2, -0.15) is 0 Å². The third-order valence-corrected chi connectivity index (χ3v) is 4.48. The van der Waals surface area contributed by atoms with Crippen LogP contribution in [0.1, 0.15) is 36.7 Å². The first-order valence-electron chi connectivity index (χ1n) is 8.55. The lowest BCUT2D eigenvalue weighted by atomic mass is 10.0. The van der Waals surface area contributed by atoms with Crippen molar-refractivity contribution in [2.75, 3.05) is 4.90 Å². The van der Waals surface area contributed by atoms with Crippen molar-refractivity contribution < 1.29 is 4.79 Å². The van der Waals surface area contributed by atoms with E-state index in [0.717, 1.165) is 16.9 Å². The van der Waals surface area contributed by atoms with E-state index in [4.69, 9.17) is 12.2 Å². The van der Waals surface area contributed by atoms with Crippen molar-refractivity contribution in [1.29, 1.82) is 0 Å². The molecule has 26 heavy (non-hydrogen) atoms. The van der Waals surface area contributed by atoms with Crippen molar-refractivity contribution in [2.24, 2.45) is 0 Å². The van der Waals surface area contributed by atoms with Crippen molar-refractivity contribution in [3.8, 4) is 0 Å². The van der Waals surface area contributed by atoms with Crippen LogP contribution in [-0.4, -0.2) is 16.4 Å². The summed E-state index contributed by atoms with van der Waals surface area (Å²) in [4.78, 5) is 14.4. The topological polar surface area (TPSA) is 32.3 Å².